The summed E-state index contributed by atoms with van der Waals surface area (Å²) in [6, 6.07) is 10.6. The maximum atomic E-state index is 12.3. The number of fused-ring (bicyclic) bond motifs is 1. The zero-order valence-corrected chi connectivity index (χ0v) is 17.9. The minimum Gasteiger partial charge on any atom is -0.326 e. The van der Waals surface area contributed by atoms with Gasteiger partial charge in [-0.05, 0) is 37.1 Å². The van der Waals surface area contributed by atoms with Gasteiger partial charge in [0.1, 0.15) is 17.2 Å². The average Bonchev–Trinajstić information content (AvgIpc) is 3.33. The summed E-state index contributed by atoms with van der Waals surface area (Å²) in [5.41, 5.74) is 4.26. The monoisotopic (exact) mass is 451 g/mol. The van der Waals surface area contributed by atoms with Crippen LogP contribution < -0.4 is 5.32 Å². The number of alkyl halides is 3. The van der Waals surface area contributed by atoms with Gasteiger partial charge < -0.3 is 9.88 Å². The van der Waals surface area contributed by atoms with Gasteiger partial charge in [-0.25, -0.2) is 9.97 Å². The van der Waals surface area contributed by atoms with E-state index in [0.29, 0.717) is 11.3 Å². The molecule has 3 aromatic heterocycles. The van der Waals surface area contributed by atoms with Gasteiger partial charge in [0, 0.05) is 36.5 Å². The van der Waals surface area contributed by atoms with Crippen molar-refractivity contribution >= 4 is 17.2 Å². The van der Waals surface area contributed by atoms with E-state index in [4.69, 9.17) is 0 Å². The van der Waals surface area contributed by atoms with Crippen LogP contribution in [-0.2, 0) is 11.8 Å². The predicted octanol–water partition coefficient (Wildman–Crippen LogP) is 4.72. The molecule has 1 N–H and O–H groups in total. The van der Waals surface area contributed by atoms with Crippen molar-refractivity contribution in [1.82, 2.24) is 18.9 Å². The number of pyridine rings is 1. The van der Waals surface area contributed by atoms with E-state index in [1.165, 1.54) is 0 Å². The number of carbonyl (C=O) groups is 1. The van der Waals surface area contributed by atoms with Crippen LogP contribution in [-0.4, -0.2) is 31.0 Å². The lowest BCUT2D eigenvalue weighted by atomic mass is 10.1. The van der Waals surface area contributed by atoms with Gasteiger partial charge in [-0.3, -0.25) is 9.20 Å². The Labute approximate surface area is 188 Å². The fourth-order valence-electron chi connectivity index (χ4n) is 3.26. The Balaban J connectivity index is 1.54. The minimum atomic E-state index is -4.37. The highest BCUT2D eigenvalue weighted by Gasteiger charge is 2.27. The van der Waals surface area contributed by atoms with Crippen molar-refractivity contribution in [3.05, 3.63) is 72.1 Å². The highest BCUT2D eigenvalue weighted by Crippen LogP contribution is 2.25. The number of imidazole rings is 2. The van der Waals surface area contributed by atoms with Gasteiger partial charge in [-0.15, -0.1) is 0 Å². The molecule has 9 heteroatoms. The Kier molecular flexibility index (Phi) is 5.92. The molecule has 4 rings (SSSR count). The van der Waals surface area contributed by atoms with E-state index in [-0.39, 0.29) is 0 Å². The van der Waals surface area contributed by atoms with Crippen LogP contribution in [0.4, 0.5) is 18.9 Å². The predicted molar refractivity (Wildman–Crippen MR) is 118 cm³/mol. The third-order valence-electron chi connectivity index (χ3n) is 5.15. The molecule has 0 spiro atoms. The van der Waals surface area contributed by atoms with Crippen molar-refractivity contribution < 1.29 is 18.0 Å². The molecule has 0 aliphatic heterocycles. The third kappa shape index (κ3) is 5.23. The van der Waals surface area contributed by atoms with Crippen molar-refractivity contribution in [2.75, 3.05) is 5.32 Å². The van der Waals surface area contributed by atoms with E-state index in [0.717, 1.165) is 28.3 Å². The zero-order chi connectivity index (χ0) is 23.6. The largest absolute Gasteiger partial charge is 0.389 e. The number of amides is 1. The van der Waals surface area contributed by atoms with Crippen molar-refractivity contribution in [3.8, 4) is 23.1 Å². The molecule has 0 bridgehead atoms. The Bertz CT molecular complexity index is 1390. The zero-order valence-electron chi connectivity index (χ0n) is 17.9. The molecule has 0 radical (unpaired) electrons. The van der Waals surface area contributed by atoms with Gasteiger partial charge in [-0.2, -0.15) is 13.2 Å². The van der Waals surface area contributed by atoms with Crippen molar-refractivity contribution in [2.45, 2.75) is 25.9 Å². The molecule has 4 aromatic rings. The Morgan fingerprint density at radius 1 is 1.12 bits per heavy atom. The summed E-state index contributed by atoms with van der Waals surface area (Å²) < 4.78 is 40.8. The SMILES string of the molecule is Cc1ncc(C#Cc2ccn3c(-c4cccc(NC(=O)CCC(F)(F)F)c4)cnc3c2)n1C. The summed E-state index contributed by atoms with van der Waals surface area (Å²) >= 11 is 0. The number of benzene rings is 1. The molecule has 1 amide bonds. The van der Waals surface area contributed by atoms with Crippen LogP contribution in [0, 0.1) is 18.8 Å². The molecule has 0 fully saturated rings. The number of halogens is 3. The van der Waals surface area contributed by atoms with Gasteiger partial charge in [0.15, 0.2) is 0 Å². The fourth-order valence-corrected chi connectivity index (χ4v) is 3.26. The molecule has 0 unspecified atom stereocenters. The molecular formula is C24H20F3N5O. The lowest BCUT2D eigenvalue weighted by Crippen LogP contribution is -2.16. The molecule has 168 valence electrons. The molecule has 0 aliphatic carbocycles. The van der Waals surface area contributed by atoms with Crippen molar-refractivity contribution in [1.29, 1.82) is 0 Å². The molecule has 3 heterocycles. The molecule has 33 heavy (non-hydrogen) atoms. The van der Waals surface area contributed by atoms with Crippen LogP contribution in [0.25, 0.3) is 16.9 Å². The summed E-state index contributed by atoms with van der Waals surface area (Å²) in [5, 5.41) is 2.52. The van der Waals surface area contributed by atoms with Gasteiger partial charge in [-0.1, -0.05) is 18.1 Å². The number of aromatic nitrogens is 4. The Morgan fingerprint density at radius 2 is 1.94 bits per heavy atom. The van der Waals surface area contributed by atoms with E-state index in [1.807, 2.05) is 47.3 Å². The minimum absolute atomic E-state index is 0.420. The number of hydrogen-bond donors (Lipinski definition) is 1. The lowest BCUT2D eigenvalue weighted by molar-refractivity contribution is -0.142. The van der Waals surface area contributed by atoms with Crippen LogP contribution >= 0.6 is 0 Å². The lowest BCUT2D eigenvalue weighted by Gasteiger charge is -2.09. The molecule has 0 saturated heterocycles. The number of nitrogens with one attached hydrogen (secondary N) is 1. The molecule has 0 saturated carbocycles. The molecule has 1 aromatic carbocycles. The maximum Gasteiger partial charge on any atom is 0.389 e. The number of aryl methyl sites for hydroxylation is 1. The second-order valence-corrected chi connectivity index (χ2v) is 7.53. The molecular weight excluding hydrogens is 431 g/mol. The maximum absolute atomic E-state index is 12.3. The number of hydrogen-bond acceptors (Lipinski definition) is 3. The van der Waals surface area contributed by atoms with Crippen LogP contribution in [0.2, 0.25) is 0 Å². The normalized spacial score (nSPS) is 11.3. The summed E-state index contributed by atoms with van der Waals surface area (Å²) in [4.78, 5) is 20.5. The summed E-state index contributed by atoms with van der Waals surface area (Å²) in [5.74, 6) is 6.41. The van der Waals surface area contributed by atoms with E-state index >= 15 is 0 Å². The summed E-state index contributed by atoms with van der Waals surface area (Å²) in [7, 11) is 1.91. The second-order valence-electron chi connectivity index (χ2n) is 7.53. The average molecular weight is 451 g/mol. The third-order valence-corrected chi connectivity index (χ3v) is 5.15. The number of carbonyl (C=O) groups excluding carboxylic acids is 1. The molecule has 0 atom stereocenters. The smallest absolute Gasteiger partial charge is 0.326 e. The second kappa shape index (κ2) is 8.82. The quantitative estimate of drug-likeness (QED) is 0.457. The summed E-state index contributed by atoms with van der Waals surface area (Å²) in [6.07, 6.45) is -0.867. The van der Waals surface area contributed by atoms with E-state index in [2.05, 4.69) is 27.1 Å². The first kappa shape index (κ1) is 22.1. The van der Waals surface area contributed by atoms with Crippen LogP contribution in [0.3, 0.4) is 0 Å². The van der Waals surface area contributed by atoms with Gasteiger partial charge >= 0.3 is 6.18 Å². The van der Waals surface area contributed by atoms with E-state index in [1.54, 1.807) is 30.6 Å². The van der Waals surface area contributed by atoms with E-state index in [9.17, 15) is 18.0 Å². The Hall–Kier alpha value is -4.06. The van der Waals surface area contributed by atoms with Crippen molar-refractivity contribution in [2.24, 2.45) is 7.05 Å². The first-order valence-corrected chi connectivity index (χ1v) is 10.1. The topological polar surface area (TPSA) is 64.2 Å². The highest BCUT2D eigenvalue weighted by molar-refractivity contribution is 5.91. The number of nitrogens with zero attached hydrogens (tertiary/aromatic N) is 4. The van der Waals surface area contributed by atoms with Gasteiger partial charge in [0.25, 0.3) is 0 Å². The molecule has 0 aliphatic rings. The highest BCUT2D eigenvalue weighted by atomic mass is 19.4. The standard InChI is InChI=1S/C24H20F3N5O/c1-16-28-14-20(31(16)2)7-6-17-9-11-32-21(15-29-22(32)12-17)18-4-3-5-19(13-18)30-23(33)8-10-24(25,26)27/h3-5,9,11-15H,8,10H2,1-2H3,(H,30,33). The number of rotatable bonds is 4. The van der Waals surface area contributed by atoms with Crippen molar-refractivity contribution in [3.63, 3.8) is 0 Å². The van der Waals surface area contributed by atoms with Crippen LogP contribution in [0.5, 0.6) is 0 Å². The van der Waals surface area contributed by atoms with E-state index < -0.39 is 24.9 Å². The van der Waals surface area contributed by atoms with Gasteiger partial charge in [0.05, 0.1) is 24.5 Å². The Morgan fingerprint density at radius 3 is 2.67 bits per heavy atom. The first-order valence-electron chi connectivity index (χ1n) is 10.1. The van der Waals surface area contributed by atoms with Gasteiger partial charge in [0.2, 0.25) is 5.91 Å². The van der Waals surface area contributed by atoms with Crippen LogP contribution in [0.15, 0.2) is 55.0 Å². The molecule has 6 nitrogen and oxygen atoms in total. The first-order chi connectivity index (χ1) is 15.7. The fraction of sp³-hybridized carbons (Fsp3) is 0.208. The number of anilines is 1. The van der Waals surface area contributed by atoms with Crippen LogP contribution in [0.1, 0.15) is 29.9 Å². The summed E-state index contributed by atoms with van der Waals surface area (Å²) in [6.45, 7) is 1.91.